The molecule has 0 atom stereocenters. The van der Waals surface area contributed by atoms with E-state index in [2.05, 4.69) is 109 Å². The fourth-order valence-corrected chi connectivity index (χ4v) is 5.45. The Kier molecular flexibility index (Phi) is 5.55. The Balaban J connectivity index is 1.35. The molecule has 1 nitrogen and oxygen atoms in total. The molecule has 0 radical (unpaired) electrons. The lowest BCUT2D eigenvalue weighted by molar-refractivity contribution is 0.911. The summed E-state index contributed by atoms with van der Waals surface area (Å²) in [6.45, 7) is 2.12. The molecule has 2 aliphatic rings. The number of hydrogen-bond donors (Lipinski definition) is 0. The number of anilines is 3. The molecule has 4 aromatic rings. The molecule has 2 aliphatic carbocycles. The van der Waals surface area contributed by atoms with Crippen LogP contribution in [0.25, 0.3) is 12.2 Å². The van der Waals surface area contributed by atoms with Crippen LogP contribution in [0.1, 0.15) is 51.8 Å². The van der Waals surface area contributed by atoms with Crippen molar-refractivity contribution in [2.45, 2.75) is 45.4 Å². The van der Waals surface area contributed by atoms with E-state index in [0.29, 0.717) is 0 Å². The summed E-state index contributed by atoms with van der Waals surface area (Å²) in [6, 6.07) is 31.8. The molecule has 168 valence electrons. The van der Waals surface area contributed by atoms with Crippen molar-refractivity contribution < 1.29 is 0 Å². The van der Waals surface area contributed by atoms with Crippen LogP contribution in [0, 0.1) is 6.92 Å². The van der Waals surface area contributed by atoms with E-state index >= 15 is 0 Å². The summed E-state index contributed by atoms with van der Waals surface area (Å²) < 4.78 is 0. The standard InChI is InChI=1S/C33H31N/c1-24-8-10-25(11-9-24)12-13-26-14-18-31(19-15-26)34(32-20-16-27-4-2-6-29(27)22-32)33-21-17-28-5-3-7-30(28)23-33/h8-23H,2-7H2,1H3. The fourth-order valence-electron chi connectivity index (χ4n) is 5.45. The van der Waals surface area contributed by atoms with Crippen molar-refractivity contribution >= 4 is 29.2 Å². The molecule has 0 spiro atoms. The molecule has 0 aliphatic heterocycles. The van der Waals surface area contributed by atoms with E-state index in [4.69, 9.17) is 0 Å². The van der Waals surface area contributed by atoms with E-state index in [1.165, 1.54) is 94.5 Å². The third-order valence-electron chi connectivity index (χ3n) is 7.38. The van der Waals surface area contributed by atoms with E-state index in [1.807, 2.05) is 0 Å². The molecule has 0 aromatic heterocycles. The maximum atomic E-state index is 2.44. The number of rotatable bonds is 5. The molecule has 0 saturated heterocycles. The molecule has 34 heavy (non-hydrogen) atoms. The predicted molar refractivity (Wildman–Crippen MR) is 145 cm³/mol. The average molecular weight is 442 g/mol. The van der Waals surface area contributed by atoms with Gasteiger partial charge in [0, 0.05) is 17.1 Å². The second kappa shape index (κ2) is 8.99. The Bertz CT molecular complexity index is 1290. The quantitative estimate of drug-likeness (QED) is 0.280. The second-order valence-electron chi connectivity index (χ2n) is 9.78. The Morgan fingerprint density at radius 3 is 1.47 bits per heavy atom. The van der Waals surface area contributed by atoms with Crippen molar-refractivity contribution in [2.24, 2.45) is 0 Å². The highest BCUT2D eigenvalue weighted by Gasteiger charge is 2.19. The first-order valence-electron chi connectivity index (χ1n) is 12.6. The lowest BCUT2D eigenvalue weighted by Crippen LogP contribution is -2.11. The largest absolute Gasteiger partial charge is 0.310 e. The van der Waals surface area contributed by atoms with Crippen molar-refractivity contribution in [2.75, 3.05) is 4.90 Å². The van der Waals surface area contributed by atoms with E-state index < -0.39 is 0 Å². The minimum absolute atomic E-state index is 1.20. The van der Waals surface area contributed by atoms with E-state index in [1.54, 1.807) is 0 Å². The molecule has 0 heterocycles. The van der Waals surface area contributed by atoms with Gasteiger partial charge in [-0.1, -0.05) is 66.2 Å². The van der Waals surface area contributed by atoms with Crippen LogP contribution in [0.15, 0.2) is 84.9 Å². The molecule has 0 fully saturated rings. The number of benzene rings is 4. The van der Waals surface area contributed by atoms with Crippen LogP contribution >= 0.6 is 0 Å². The van der Waals surface area contributed by atoms with E-state index in [0.717, 1.165) is 0 Å². The highest BCUT2D eigenvalue weighted by atomic mass is 15.1. The molecule has 0 bridgehead atoms. The van der Waals surface area contributed by atoms with Gasteiger partial charge in [0.15, 0.2) is 0 Å². The number of hydrogen-bond acceptors (Lipinski definition) is 1. The lowest BCUT2D eigenvalue weighted by atomic mass is 10.0. The number of nitrogens with zero attached hydrogens (tertiary/aromatic N) is 1. The summed E-state index contributed by atoms with van der Waals surface area (Å²) in [5, 5.41) is 0. The average Bonchev–Trinajstić information content (AvgIpc) is 3.53. The summed E-state index contributed by atoms with van der Waals surface area (Å²) in [6.07, 6.45) is 11.8. The zero-order chi connectivity index (χ0) is 22.9. The lowest BCUT2D eigenvalue weighted by Gasteiger charge is -2.27. The molecule has 6 rings (SSSR count). The van der Waals surface area contributed by atoms with Crippen LogP contribution < -0.4 is 4.90 Å². The second-order valence-corrected chi connectivity index (χ2v) is 9.78. The minimum Gasteiger partial charge on any atom is -0.310 e. The normalized spacial score (nSPS) is 14.4. The topological polar surface area (TPSA) is 3.24 Å². The molecule has 0 saturated carbocycles. The smallest absolute Gasteiger partial charge is 0.0464 e. The van der Waals surface area contributed by atoms with Crippen molar-refractivity contribution in [3.8, 4) is 0 Å². The summed E-state index contributed by atoms with van der Waals surface area (Å²) in [5.41, 5.74) is 13.6. The van der Waals surface area contributed by atoms with Gasteiger partial charge < -0.3 is 4.90 Å². The van der Waals surface area contributed by atoms with Crippen LogP contribution in [0.4, 0.5) is 17.1 Å². The molecule has 0 amide bonds. The van der Waals surface area contributed by atoms with Crippen molar-refractivity contribution in [1.29, 1.82) is 0 Å². The summed E-state index contributed by atoms with van der Waals surface area (Å²) >= 11 is 0. The van der Waals surface area contributed by atoms with Gasteiger partial charge in [0.05, 0.1) is 0 Å². The Labute approximate surface area is 203 Å². The van der Waals surface area contributed by atoms with Gasteiger partial charge in [-0.05, 0) is 115 Å². The Morgan fingerprint density at radius 2 is 0.941 bits per heavy atom. The van der Waals surface area contributed by atoms with Crippen molar-refractivity contribution in [3.05, 3.63) is 124 Å². The van der Waals surface area contributed by atoms with Gasteiger partial charge in [0.25, 0.3) is 0 Å². The Morgan fingerprint density at radius 1 is 0.500 bits per heavy atom. The predicted octanol–water partition coefficient (Wildman–Crippen LogP) is 8.61. The summed E-state index contributed by atoms with van der Waals surface area (Å²) in [7, 11) is 0. The van der Waals surface area contributed by atoms with Gasteiger partial charge in [0.1, 0.15) is 0 Å². The van der Waals surface area contributed by atoms with Crippen LogP contribution in [-0.4, -0.2) is 0 Å². The third kappa shape index (κ3) is 4.19. The van der Waals surface area contributed by atoms with Crippen LogP contribution in [0.3, 0.4) is 0 Å². The van der Waals surface area contributed by atoms with Crippen LogP contribution in [0.2, 0.25) is 0 Å². The van der Waals surface area contributed by atoms with Crippen molar-refractivity contribution in [1.82, 2.24) is 0 Å². The van der Waals surface area contributed by atoms with Gasteiger partial charge in [-0.3, -0.25) is 0 Å². The monoisotopic (exact) mass is 441 g/mol. The van der Waals surface area contributed by atoms with Crippen molar-refractivity contribution in [3.63, 3.8) is 0 Å². The van der Waals surface area contributed by atoms with E-state index in [-0.39, 0.29) is 0 Å². The molecular weight excluding hydrogens is 410 g/mol. The van der Waals surface area contributed by atoms with Gasteiger partial charge in [0.2, 0.25) is 0 Å². The van der Waals surface area contributed by atoms with Crippen LogP contribution in [-0.2, 0) is 25.7 Å². The molecule has 4 aromatic carbocycles. The summed E-state index contributed by atoms with van der Waals surface area (Å²) in [4.78, 5) is 2.44. The zero-order valence-electron chi connectivity index (χ0n) is 19.9. The first kappa shape index (κ1) is 21.0. The first-order valence-corrected chi connectivity index (χ1v) is 12.6. The van der Waals surface area contributed by atoms with Gasteiger partial charge in [-0.15, -0.1) is 0 Å². The molecule has 0 unspecified atom stereocenters. The van der Waals surface area contributed by atoms with Gasteiger partial charge >= 0.3 is 0 Å². The fraction of sp³-hybridized carbons (Fsp3) is 0.212. The maximum Gasteiger partial charge on any atom is 0.0464 e. The molecule has 1 heteroatoms. The van der Waals surface area contributed by atoms with Gasteiger partial charge in [-0.2, -0.15) is 0 Å². The Hall–Kier alpha value is -3.58. The van der Waals surface area contributed by atoms with Gasteiger partial charge in [-0.25, -0.2) is 0 Å². The number of aryl methyl sites for hydroxylation is 5. The highest BCUT2D eigenvalue weighted by Crippen LogP contribution is 2.39. The zero-order valence-corrected chi connectivity index (χ0v) is 19.9. The molecular formula is C33H31N. The number of fused-ring (bicyclic) bond motifs is 2. The minimum atomic E-state index is 1.20. The maximum absolute atomic E-state index is 2.44. The highest BCUT2D eigenvalue weighted by molar-refractivity contribution is 5.79. The van der Waals surface area contributed by atoms with E-state index in [9.17, 15) is 0 Å². The third-order valence-corrected chi connectivity index (χ3v) is 7.38. The summed E-state index contributed by atoms with van der Waals surface area (Å²) in [5.74, 6) is 0. The first-order chi connectivity index (χ1) is 16.7. The SMILES string of the molecule is Cc1ccc(C=Cc2ccc(N(c3ccc4c(c3)CCC4)c3ccc4c(c3)CCC4)cc2)cc1. The van der Waals surface area contributed by atoms with Crippen LogP contribution in [0.5, 0.6) is 0 Å². The molecule has 0 N–H and O–H groups in total.